The SMILES string of the molecule is CCN(CC)CCCSS[C@@H]1c2cc3c(cc2[C@@H](c2cc(OC)c(O)c(OC)c2)[C@H]2C(=O)OC[C@@H]21)OCO3. The van der Waals surface area contributed by atoms with E-state index in [0.717, 1.165) is 54.2 Å². The molecule has 3 aliphatic rings. The van der Waals surface area contributed by atoms with Crippen LogP contribution in [0.4, 0.5) is 0 Å². The van der Waals surface area contributed by atoms with Gasteiger partial charge >= 0.3 is 5.97 Å². The van der Waals surface area contributed by atoms with E-state index in [1.165, 1.54) is 14.2 Å². The molecule has 0 bridgehead atoms. The van der Waals surface area contributed by atoms with Gasteiger partial charge in [-0.15, -0.1) is 0 Å². The maximum Gasteiger partial charge on any atom is 0.310 e. The smallest absolute Gasteiger partial charge is 0.310 e. The van der Waals surface area contributed by atoms with Crippen molar-refractivity contribution in [1.82, 2.24) is 4.90 Å². The van der Waals surface area contributed by atoms with Gasteiger partial charge in [0.05, 0.1) is 26.7 Å². The molecule has 2 heterocycles. The van der Waals surface area contributed by atoms with E-state index in [9.17, 15) is 9.90 Å². The fraction of sp³-hybridized carbons (Fsp3) is 0.536. The van der Waals surface area contributed by atoms with Crippen LogP contribution in [0.15, 0.2) is 24.3 Å². The van der Waals surface area contributed by atoms with Crippen LogP contribution in [0.2, 0.25) is 0 Å². The molecule has 0 saturated carbocycles. The first kappa shape index (κ1) is 27.1. The molecule has 4 atom stereocenters. The predicted molar refractivity (Wildman–Crippen MR) is 149 cm³/mol. The van der Waals surface area contributed by atoms with E-state index < -0.39 is 0 Å². The zero-order valence-corrected chi connectivity index (χ0v) is 23.9. The van der Waals surface area contributed by atoms with Crippen LogP contribution in [0.5, 0.6) is 28.7 Å². The van der Waals surface area contributed by atoms with Gasteiger partial charge in [-0.1, -0.05) is 35.4 Å². The maximum atomic E-state index is 13.3. The fourth-order valence-corrected chi connectivity index (χ4v) is 8.75. The number of benzene rings is 2. The van der Waals surface area contributed by atoms with Crippen molar-refractivity contribution in [3.05, 3.63) is 41.0 Å². The monoisotopic (exact) mass is 561 g/mol. The second-order valence-electron chi connectivity index (χ2n) is 9.63. The molecule has 0 amide bonds. The number of esters is 1. The lowest BCUT2D eigenvalue weighted by atomic mass is 9.67. The molecule has 1 fully saturated rings. The fourth-order valence-electron chi connectivity index (χ4n) is 5.74. The lowest BCUT2D eigenvalue weighted by Gasteiger charge is -2.38. The molecule has 0 unspecified atom stereocenters. The van der Waals surface area contributed by atoms with Crippen molar-refractivity contribution in [1.29, 1.82) is 0 Å². The number of hydrogen-bond donors (Lipinski definition) is 1. The quantitative estimate of drug-likeness (QED) is 0.224. The summed E-state index contributed by atoms with van der Waals surface area (Å²) in [6.07, 6.45) is 1.11. The van der Waals surface area contributed by atoms with Gasteiger partial charge in [0.25, 0.3) is 0 Å². The summed E-state index contributed by atoms with van der Waals surface area (Å²) in [5.74, 6) is 2.05. The Balaban J connectivity index is 1.52. The number of nitrogens with zero attached hydrogens (tertiary/aromatic N) is 1. The number of aromatic hydroxyl groups is 1. The minimum Gasteiger partial charge on any atom is -0.502 e. The Morgan fingerprint density at radius 3 is 2.29 bits per heavy atom. The van der Waals surface area contributed by atoms with Crippen LogP contribution in [0.3, 0.4) is 0 Å². The molecule has 206 valence electrons. The summed E-state index contributed by atoms with van der Waals surface area (Å²) in [6, 6.07) is 7.66. The molecule has 8 nitrogen and oxygen atoms in total. The number of hydrogen-bond acceptors (Lipinski definition) is 10. The molecule has 1 saturated heterocycles. The lowest BCUT2D eigenvalue weighted by Crippen LogP contribution is -2.33. The van der Waals surface area contributed by atoms with Crippen LogP contribution in [-0.2, 0) is 9.53 Å². The third-order valence-corrected chi connectivity index (χ3v) is 10.7. The molecule has 0 radical (unpaired) electrons. The zero-order chi connectivity index (χ0) is 26.8. The van der Waals surface area contributed by atoms with Crippen LogP contribution < -0.4 is 18.9 Å². The molecule has 0 spiro atoms. The number of fused-ring (bicyclic) bond motifs is 3. The number of ether oxygens (including phenoxy) is 5. The van der Waals surface area contributed by atoms with Gasteiger partial charge < -0.3 is 33.7 Å². The van der Waals surface area contributed by atoms with E-state index in [0.29, 0.717) is 23.9 Å². The summed E-state index contributed by atoms with van der Waals surface area (Å²) in [7, 11) is 6.69. The molecule has 2 aromatic rings. The number of carbonyl (C=O) groups is 1. The summed E-state index contributed by atoms with van der Waals surface area (Å²) < 4.78 is 28.1. The van der Waals surface area contributed by atoms with E-state index in [-0.39, 0.29) is 41.5 Å². The first-order chi connectivity index (χ1) is 18.5. The van der Waals surface area contributed by atoms with Gasteiger partial charge in [-0.3, -0.25) is 4.79 Å². The molecule has 0 aromatic heterocycles. The van der Waals surface area contributed by atoms with Gasteiger partial charge in [-0.2, -0.15) is 0 Å². The van der Waals surface area contributed by atoms with Crippen molar-refractivity contribution in [2.45, 2.75) is 31.4 Å². The normalized spacial score (nSPS) is 23.2. The molecular weight excluding hydrogens is 526 g/mol. The highest BCUT2D eigenvalue weighted by Gasteiger charge is 2.53. The number of methoxy groups -OCH3 is 2. The van der Waals surface area contributed by atoms with Gasteiger partial charge in [0, 0.05) is 22.8 Å². The molecular formula is C28H35NO7S2. The maximum absolute atomic E-state index is 13.3. The Bertz CT molecular complexity index is 1150. The first-order valence-electron chi connectivity index (χ1n) is 13.1. The summed E-state index contributed by atoms with van der Waals surface area (Å²) >= 11 is 0. The van der Waals surface area contributed by atoms with Crippen molar-refractivity contribution in [3.8, 4) is 28.7 Å². The van der Waals surface area contributed by atoms with Crippen molar-refractivity contribution >= 4 is 27.6 Å². The molecule has 1 N–H and O–H groups in total. The molecule has 38 heavy (non-hydrogen) atoms. The summed E-state index contributed by atoms with van der Waals surface area (Å²) in [4.78, 5) is 15.7. The topological polar surface area (TPSA) is 86.7 Å². The van der Waals surface area contributed by atoms with Crippen molar-refractivity contribution in [2.75, 3.05) is 53.0 Å². The van der Waals surface area contributed by atoms with E-state index >= 15 is 0 Å². The lowest BCUT2D eigenvalue weighted by molar-refractivity contribution is -0.141. The average molecular weight is 562 g/mol. The van der Waals surface area contributed by atoms with Crippen LogP contribution in [0.25, 0.3) is 0 Å². The van der Waals surface area contributed by atoms with E-state index in [1.54, 1.807) is 12.1 Å². The first-order valence-corrected chi connectivity index (χ1v) is 15.4. The Hall–Kier alpha value is -2.43. The minimum absolute atomic E-state index is 0.00792. The second kappa shape index (κ2) is 11.8. The molecule has 2 aliphatic heterocycles. The van der Waals surface area contributed by atoms with Crippen LogP contribution in [0, 0.1) is 11.8 Å². The highest BCUT2D eigenvalue weighted by atomic mass is 33.1. The number of rotatable bonds is 11. The number of phenols is 1. The number of phenolic OH excluding ortho intramolecular Hbond substituents is 1. The van der Waals surface area contributed by atoms with Gasteiger partial charge in [-0.05, 0) is 67.0 Å². The standard InChI is InChI=1S/C28H35NO7S2/c1-5-29(6-2)8-7-9-37-38-27-18-13-21-20(35-15-36-21)12-17(18)24(25-19(27)14-34-28(25)31)16-10-22(32-3)26(30)23(11-16)33-4/h10-13,19,24-25,27,30H,5-9,14-15H2,1-4H3/t19-,24+,25-,27+/m0/s1. The van der Waals surface area contributed by atoms with Crippen LogP contribution in [-0.4, -0.2) is 69.0 Å². The Labute approximate surface area is 231 Å². The predicted octanol–water partition coefficient (Wildman–Crippen LogP) is 5.23. The van der Waals surface area contributed by atoms with E-state index in [4.69, 9.17) is 23.7 Å². The Morgan fingerprint density at radius 2 is 1.66 bits per heavy atom. The largest absolute Gasteiger partial charge is 0.502 e. The summed E-state index contributed by atoms with van der Waals surface area (Å²) in [5, 5.41) is 10.6. The summed E-state index contributed by atoms with van der Waals surface area (Å²) in [6.45, 7) is 8.15. The molecule has 2 aromatic carbocycles. The highest BCUT2D eigenvalue weighted by molar-refractivity contribution is 8.76. The average Bonchev–Trinajstić information content (AvgIpc) is 3.55. The Morgan fingerprint density at radius 1 is 1.00 bits per heavy atom. The van der Waals surface area contributed by atoms with E-state index in [1.807, 2.05) is 27.7 Å². The van der Waals surface area contributed by atoms with Gasteiger partial charge in [0.15, 0.2) is 23.0 Å². The Kier molecular flexibility index (Phi) is 8.40. The van der Waals surface area contributed by atoms with Crippen molar-refractivity contribution in [2.24, 2.45) is 11.8 Å². The van der Waals surface area contributed by atoms with E-state index in [2.05, 4.69) is 24.8 Å². The van der Waals surface area contributed by atoms with Crippen LogP contribution in [0.1, 0.15) is 48.1 Å². The highest BCUT2D eigenvalue weighted by Crippen LogP contribution is 2.60. The van der Waals surface area contributed by atoms with Gasteiger partial charge in [0.1, 0.15) is 0 Å². The van der Waals surface area contributed by atoms with Gasteiger partial charge in [0.2, 0.25) is 12.5 Å². The third kappa shape index (κ3) is 4.98. The molecule has 5 rings (SSSR count). The molecule has 10 heteroatoms. The zero-order valence-electron chi connectivity index (χ0n) is 22.2. The number of carbonyl (C=O) groups excluding carboxylic acids is 1. The van der Waals surface area contributed by atoms with Gasteiger partial charge in [-0.25, -0.2) is 0 Å². The third-order valence-electron chi connectivity index (χ3n) is 7.75. The van der Waals surface area contributed by atoms with Crippen LogP contribution >= 0.6 is 21.6 Å². The molecule has 1 aliphatic carbocycles. The van der Waals surface area contributed by atoms with Crippen molar-refractivity contribution < 1.29 is 33.6 Å². The second-order valence-corrected chi connectivity index (χ2v) is 12.3. The minimum atomic E-state index is -0.379. The summed E-state index contributed by atoms with van der Waals surface area (Å²) in [5.41, 5.74) is 2.96. The number of cyclic esters (lactones) is 1. The van der Waals surface area contributed by atoms with Crippen molar-refractivity contribution in [3.63, 3.8) is 0 Å².